The number of nitrogens with zero attached hydrogens (tertiary/aromatic N) is 1. The Morgan fingerprint density at radius 1 is 1.44 bits per heavy atom. The Labute approximate surface area is 93.6 Å². The van der Waals surface area contributed by atoms with Gasteiger partial charge in [-0.2, -0.15) is 0 Å². The van der Waals surface area contributed by atoms with Crippen molar-refractivity contribution in [2.24, 2.45) is 0 Å². The van der Waals surface area contributed by atoms with E-state index in [1.807, 2.05) is 19.0 Å². The zero-order chi connectivity index (χ0) is 12.0. The largest absolute Gasteiger partial charge is 0.459 e. The van der Waals surface area contributed by atoms with E-state index in [1.54, 1.807) is 6.07 Å². The first-order valence-electron chi connectivity index (χ1n) is 4.87. The van der Waals surface area contributed by atoms with E-state index in [4.69, 9.17) is 4.42 Å². The summed E-state index contributed by atoms with van der Waals surface area (Å²) in [4.78, 5) is 24.5. The molecule has 0 bridgehead atoms. The number of nitrogens with one attached hydrogen (secondary N) is 2. The van der Waals surface area contributed by atoms with Crippen molar-refractivity contribution in [3.05, 3.63) is 24.2 Å². The Balaban J connectivity index is 2.27. The number of furan rings is 1. The van der Waals surface area contributed by atoms with E-state index >= 15 is 0 Å². The van der Waals surface area contributed by atoms with Gasteiger partial charge in [0.2, 0.25) is 0 Å². The Hall–Kier alpha value is -1.82. The number of imide groups is 1. The molecule has 0 atom stereocenters. The molecule has 2 N–H and O–H groups in total. The minimum atomic E-state index is -0.549. The summed E-state index contributed by atoms with van der Waals surface area (Å²) in [6, 6.07) is 2.55. The van der Waals surface area contributed by atoms with Crippen LogP contribution < -0.4 is 10.6 Å². The van der Waals surface area contributed by atoms with Crippen molar-refractivity contribution in [1.29, 1.82) is 0 Å². The van der Waals surface area contributed by atoms with Crippen LogP contribution >= 0.6 is 0 Å². The molecule has 6 heteroatoms. The summed E-state index contributed by atoms with van der Waals surface area (Å²) in [7, 11) is 3.79. The SMILES string of the molecule is CN(C)CCNC(=O)NC(=O)c1ccco1. The maximum absolute atomic E-state index is 11.3. The second-order valence-corrected chi connectivity index (χ2v) is 3.49. The van der Waals surface area contributed by atoms with Gasteiger partial charge in [-0.05, 0) is 26.2 Å². The van der Waals surface area contributed by atoms with E-state index in [0.717, 1.165) is 0 Å². The van der Waals surface area contributed by atoms with Crippen molar-refractivity contribution in [3.8, 4) is 0 Å². The van der Waals surface area contributed by atoms with E-state index in [2.05, 4.69) is 10.6 Å². The van der Waals surface area contributed by atoms with Crippen LogP contribution in [-0.2, 0) is 0 Å². The molecule has 0 aliphatic rings. The average Bonchev–Trinajstić information content (AvgIpc) is 2.69. The molecule has 0 unspecified atom stereocenters. The van der Waals surface area contributed by atoms with E-state index in [9.17, 15) is 9.59 Å². The van der Waals surface area contributed by atoms with Crippen LogP contribution in [0, 0.1) is 0 Å². The maximum atomic E-state index is 11.3. The van der Waals surface area contributed by atoms with E-state index in [0.29, 0.717) is 13.1 Å². The maximum Gasteiger partial charge on any atom is 0.321 e. The fourth-order valence-electron chi connectivity index (χ4n) is 1.01. The molecule has 0 saturated carbocycles. The highest BCUT2D eigenvalue weighted by atomic mass is 16.3. The van der Waals surface area contributed by atoms with Gasteiger partial charge in [0.05, 0.1) is 6.26 Å². The third-order valence-corrected chi connectivity index (χ3v) is 1.82. The van der Waals surface area contributed by atoms with Crippen LogP contribution in [0.5, 0.6) is 0 Å². The molecule has 1 aromatic rings. The molecule has 0 saturated heterocycles. The quantitative estimate of drug-likeness (QED) is 0.772. The van der Waals surface area contributed by atoms with Gasteiger partial charge < -0.3 is 14.6 Å². The lowest BCUT2D eigenvalue weighted by atomic mass is 10.4. The van der Waals surface area contributed by atoms with Crippen molar-refractivity contribution in [2.75, 3.05) is 27.2 Å². The van der Waals surface area contributed by atoms with Crippen molar-refractivity contribution < 1.29 is 14.0 Å². The number of amides is 3. The number of hydrogen-bond donors (Lipinski definition) is 2. The monoisotopic (exact) mass is 225 g/mol. The zero-order valence-corrected chi connectivity index (χ0v) is 9.32. The number of carbonyl (C=O) groups is 2. The highest BCUT2D eigenvalue weighted by Gasteiger charge is 2.11. The lowest BCUT2D eigenvalue weighted by Gasteiger charge is -2.10. The number of urea groups is 1. The van der Waals surface area contributed by atoms with Crippen LogP contribution in [0.25, 0.3) is 0 Å². The van der Waals surface area contributed by atoms with Crippen LogP contribution in [0.4, 0.5) is 4.79 Å². The second kappa shape index (κ2) is 5.92. The Morgan fingerprint density at radius 2 is 2.19 bits per heavy atom. The summed E-state index contributed by atoms with van der Waals surface area (Å²) in [6.07, 6.45) is 1.37. The van der Waals surface area contributed by atoms with Crippen molar-refractivity contribution in [3.63, 3.8) is 0 Å². The third-order valence-electron chi connectivity index (χ3n) is 1.82. The molecule has 0 aromatic carbocycles. The van der Waals surface area contributed by atoms with Gasteiger partial charge >= 0.3 is 6.03 Å². The minimum absolute atomic E-state index is 0.114. The molecule has 1 aromatic heterocycles. The predicted octanol–water partition coefficient (Wildman–Crippen LogP) is 0.281. The molecule has 0 spiro atoms. The summed E-state index contributed by atoms with van der Waals surface area (Å²) in [5.74, 6) is -0.435. The van der Waals surface area contributed by atoms with Gasteiger partial charge in [-0.3, -0.25) is 10.1 Å². The number of likely N-dealkylation sites (N-methyl/N-ethyl adjacent to an activating group) is 1. The van der Waals surface area contributed by atoms with Gasteiger partial charge in [0.15, 0.2) is 5.76 Å². The van der Waals surface area contributed by atoms with Crippen LogP contribution in [-0.4, -0.2) is 44.0 Å². The Bertz CT molecular complexity index is 346. The zero-order valence-electron chi connectivity index (χ0n) is 9.32. The van der Waals surface area contributed by atoms with Gasteiger partial charge in [0.25, 0.3) is 5.91 Å². The molecule has 3 amide bonds. The van der Waals surface area contributed by atoms with Crippen LogP contribution in [0.15, 0.2) is 22.8 Å². The molecule has 0 aliphatic carbocycles. The molecule has 0 fully saturated rings. The fraction of sp³-hybridized carbons (Fsp3) is 0.400. The Kier molecular flexibility index (Phi) is 4.53. The van der Waals surface area contributed by atoms with Crippen LogP contribution in [0.2, 0.25) is 0 Å². The highest BCUT2D eigenvalue weighted by molar-refractivity contribution is 6.02. The predicted molar refractivity (Wildman–Crippen MR) is 58.1 cm³/mol. The van der Waals surface area contributed by atoms with E-state index in [-0.39, 0.29) is 5.76 Å². The molecular formula is C10H15N3O3. The van der Waals surface area contributed by atoms with Gasteiger partial charge in [0.1, 0.15) is 0 Å². The first-order valence-corrected chi connectivity index (χ1v) is 4.87. The minimum Gasteiger partial charge on any atom is -0.459 e. The molecule has 6 nitrogen and oxygen atoms in total. The normalized spacial score (nSPS) is 10.2. The first kappa shape index (κ1) is 12.3. The lowest BCUT2D eigenvalue weighted by Crippen LogP contribution is -2.41. The topological polar surface area (TPSA) is 74.6 Å². The van der Waals surface area contributed by atoms with Gasteiger partial charge in [-0.1, -0.05) is 0 Å². The summed E-state index contributed by atoms with van der Waals surface area (Å²) < 4.78 is 4.84. The molecule has 88 valence electrons. The average molecular weight is 225 g/mol. The molecular weight excluding hydrogens is 210 g/mol. The summed E-state index contributed by atoms with van der Waals surface area (Å²) in [6.45, 7) is 1.19. The second-order valence-electron chi connectivity index (χ2n) is 3.49. The summed E-state index contributed by atoms with van der Waals surface area (Å²) in [5, 5.41) is 4.71. The smallest absolute Gasteiger partial charge is 0.321 e. The lowest BCUT2D eigenvalue weighted by molar-refractivity contribution is 0.0936. The summed E-state index contributed by atoms with van der Waals surface area (Å²) >= 11 is 0. The highest BCUT2D eigenvalue weighted by Crippen LogP contribution is 1.98. The van der Waals surface area contributed by atoms with Crippen molar-refractivity contribution in [1.82, 2.24) is 15.5 Å². The fourth-order valence-corrected chi connectivity index (χ4v) is 1.01. The van der Waals surface area contributed by atoms with Gasteiger partial charge in [-0.25, -0.2) is 4.79 Å². The number of carbonyl (C=O) groups excluding carboxylic acids is 2. The van der Waals surface area contributed by atoms with Crippen LogP contribution in [0.3, 0.4) is 0 Å². The molecule has 1 heterocycles. The molecule has 0 radical (unpaired) electrons. The van der Waals surface area contributed by atoms with E-state index < -0.39 is 11.9 Å². The third kappa shape index (κ3) is 4.14. The van der Waals surface area contributed by atoms with Crippen molar-refractivity contribution in [2.45, 2.75) is 0 Å². The Morgan fingerprint density at radius 3 is 2.75 bits per heavy atom. The van der Waals surface area contributed by atoms with Crippen LogP contribution in [0.1, 0.15) is 10.6 Å². The summed E-state index contributed by atoms with van der Waals surface area (Å²) in [5.41, 5.74) is 0. The standard InChI is InChI=1S/C10H15N3O3/c1-13(2)6-5-11-10(15)12-9(14)8-4-3-7-16-8/h3-4,7H,5-6H2,1-2H3,(H2,11,12,14,15). The van der Waals surface area contributed by atoms with Crippen molar-refractivity contribution >= 4 is 11.9 Å². The van der Waals surface area contributed by atoms with Gasteiger partial charge in [-0.15, -0.1) is 0 Å². The van der Waals surface area contributed by atoms with E-state index in [1.165, 1.54) is 12.3 Å². The molecule has 0 aliphatic heterocycles. The number of hydrogen-bond acceptors (Lipinski definition) is 4. The molecule has 16 heavy (non-hydrogen) atoms. The van der Waals surface area contributed by atoms with Gasteiger partial charge in [0, 0.05) is 13.1 Å². The number of rotatable bonds is 4. The molecule has 1 rings (SSSR count). The first-order chi connectivity index (χ1) is 7.59.